The first-order valence-electron chi connectivity index (χ1n) is 10.1. The number of benzene rings is 2. The number of rotatable bonds is 4. The van der Waals surface area contributed by atoms with Gasteiger partial charge in [-0.1, -0.05) is 29.8 Å². The Morgan fingerprint density at radius 2 is 1.87 bits per heavy atom. The van der Waals surface area contributed by atoms with Crippen LogP contribution in [-0.2, 0) is 14.8 Å². The van der Waals surface area contributed by atoms with Gasteiger partial charge in [0.1, 0.15) is 0 Å². The summed E-state index contributed by atoms with van der Waals surface area (Å²) in [7, 11) is -3.66. The van der Waals surface area contributed by atoms with E-state index >= 15 is 0 Å². The summed E-state index contributed by atoms with van der Waals surface area (Å²) in [5, 5.41) is 0.640. The number of hydrogen-bond acceptors (Lipinski definition) is 4. The van der Waals surface area contributed by atoms with Crippen molar-refractivity contribution in [2.45, 2.75) is 30.7 Å². The Kier molecular flexibility index (Phi) is 6.16. The van der Waals surface area contributed by atoms with Crippen molar-refractivity contribution >= 4 is 27.5 Å². The Balaban J connectivity index is 1.65. The minimum Gasteiger partial charge on any atom is -0.379 e. The quantitative estimate of drug-likeness (QED) is 0.716. The molecule has 0 radical (unpaired) electrons. The second-order valence-corrected chi connectivity index (χ2v) is 10.1. The van der Waals surface area contributed by atoms with Gasteiger partial charge in [0.15, 0.2) is 0 Å². The van der Waals surface area contributed by atoms with Crippen molar-refractivity contribution in [1.82, 2.24) is 9.21 Å². The van der Waals surface area contributed by atoms with Gasteiger partial charge in [-0.25, -0.2) is 8.42 Å². The van der Waals surface area contributed by atoms with Crippen molar-refractivity contribution < 1.29 is 17.9 Å². The number of ether oxygens (including phenoxy) is 1. The third-order valence-corrected chi connectivity index (χ3v) is 7.92. The van der Waals surface area contributed by atoms with Gasteiger partial charge in [0, 0.05) is 30.2 Å². The average Bonchev–Trinajstić information content (AvgIpc) is 3.24. The Hall–Kier alpha value is -1.93. The van der Waals surface area contributed by atoms with Gasteiger partial charge in [0.05, 0.1) is 24.2 Å². The summed E-state index contributed by atoms with van der Waals surface area (Å²) in [6.45, 7) is 3.88. The van der Waals surface area contributed by atoms with Crippen molar-refractivity contribution in [3.05, 3.63) is 64.2 Å². The first-order valence-corrected chi connectivity index (χ1v) is 11.9. The number of carbonyl (C=O) groups is 1. The number of sulfonamides is 1. The van der Waals surface area contributed by atoms with Crippen molar-refractivity contribution in [2.75, 3.05) is 32.8 Å². The topological polar surface area (TPSA) is 66.9 Å². The van der Waals surface area contributed by atoms with E-state index in [1.807, 2.05) is 36.1 Å². The summed E-state index contributed by atoms with van der Waals surface area (Å²) in [4.78, 5) is 15.4. The van der Waals surface area contributed by atoms with Crippen LogP contribution in [0.1, 0.15) is 40.4 Å². The third-order valence-electron chi connectivity index (χ3n) is 5.79. The van der Waals surface area contributed by atoms with Crippen molar-refractivity contribution in [1.29, 1.82) is 0 Å². The zero-order chi connectivity index (χ0) is 21.3. The van der Waals surface area contributed by atoms with Crippen molar-refractivity contribution in [3.8, 4) is 0 Å². The lowest BCUT2D eigenvalue weighted by atomic mass is 10.0. The molecule has 1 atom stereocenters. The van der Waals surface area contributed by atoms with E-state index in [9.17, 15) is 13.2 Å². The normalized spacial score (nSPS) is 20.5. The molecule has 160 valence electrons. The standard InChI is InChI=1S/C22H25ClN2O4S/c1-16-7-8-19(30(27,28)24-10-12-29-13-11-24)15-20(16)22(26)25-9-3-6-21(25)17-4-2-5-18(23)14-17/h2,4-5,7-8,14-15,21H,3,6,9-13H2,1H3. The molecule has 30 heavy (non-hydrogen) atoms. The monoisotopic (exact) mass is 448 g/mol. The minimum absolute atomic E-state index is 0.0601. The van der Waals surface area contributed by atoms with Crippen LogP contribution in [0, 0.1) is 6.92 Å². The fourth-order valence-corrected chi connectivity index (χ4v) is 5.79. The first kappa shape index (κ1) is 21.3. The van der Waals surface area contributed by atoms with Crippen LogP contribution in [0.3, 0.4) is 0 Å². The molecular weight excluding hydrogens is 424 g/mol. The largest absolute Gasteiger partial charge is 0.379 e. The number of morpholine rings is 1. The van der Waals surface area contributed by atoms with E-state index in [1.165, 1.54) is 10.4 Å². The highest BCUT2D eigenvalue weighted by atomic mass is 35.5. The maximum absolute atomic E-state index is 13.5. The number of likely N-dealkylation sites (tertiary alicyclic amines) is 1. The van der Waals surface area contributed by atoms with E-state index in [1.54, 1.807) is 12.1 Å². The SMILES string of the molecule is Cc1ccc(S(=O)(=O)N2CCOCC2)cc1C(=O)N1CCCC1c1cccc(Cl)c1. The maximum atomic E-state index is 13.5. The number of aryl methyl sites for hydroxylation is 1. The Morgan fingerprint density at radius 3 is 2.60 bits per heavy atom. The molecule has 8 heteroatoms. The highest BCUT2D eigenvalue weighted by Crippen LogP contribution is 2.35. The highest BCUT2D eigenvalue weighted by molar-refractivity contribution is 7.89. The molecule has 6 nitrogen and oxygen atoms in total. The zero-order valence-corrected chi connectivity index (χ0v) is 18.5. The van der Waals surface area contributed by atoms with Gasteiger partial charge in [0.2, 0.25) is 10.0 Å². The van der Waals surface area contributed by atoms with Crippen molar-refractivity contribution in [2.24, 2.45) is 0 Å². The van der Waals surface area contributed by atoms with E-state index in [2.05, 4.69) is 0 Å². The molecule has 2 aromatic rings. The average molecular weight is 449 g/mol. The summed E-state index contributed by atoms with van der Waals surface area (Å²) in [5.74, 6) is -0.144. The molecule has 0 saturated carbocycles. The lowest BCUT2D eigenvalue weighted by Gasteiger charge is -2.28. The van der Waals surface area contributed by atoms with Gasteiger partial charge >= 0.3 is 0 Å². The van der Waals surface area contributed by atoms with Crippen LogP contribution < -0.4 is 0 Å². The Bertz CT molecular complexity index is 1050. The smallest absolute Gasteiger partial charge is 0.254 e. The van der Waals surface area contributed by atoms with E-state index in [0.717, 1.165) is 24.0 Å². The van der Waals surface area contributed by atoms with Gasteiger partial charge in [-0.2, -0.15) is 4.31 Å². The lowest BCUT2D eigenvalue weighted by Crippen LogP contribution is -2.40. The fraction of sp³-hybridized carbons (Fsp3) is 0.409. The molecule has 2 aromatic carbocycles. The van der Waals surface area contributed by atoms with Crippen molar-refractivity contribution in [3.63, 3.8) is 0 Å². The Morgan fingerprint density at radius 1 is 1.10 bits per heavy atom. The number of halogens is 1. The van der Waals surface area contributed by atoms with E-state index in [-0.39, 0.29) is 16.8 Å². The first-order chi connectivity index (χ1) is 14.4. The molecule has 0 N–H and O–H groups in total. The molecule has 0 aromatic heterocycles. The van der Waals surface area contributed by atoms with Crippen LogP contribution in [0.15, 0.2) is 47.4 Å². The maximum Gasteiger partial charge on any atom is 0.254 e. The van der Waals surface area contributed by atoms with E-state index in [4.69, 9.17) is 16.3 Å². The molecule has 0 bridgehead atoms. The molecule has 2 heterocycles. The van der Waals surface area contributed by atoms with Crippen LogP contribution in [-0.4, -0.2) is 56.4 Å². The molecule has 2 fully saturated rings. The zero-order valence-electron chi connectivity index (χ0n) is 16.9. The van der Waals surface area contributed by atoms with Crippen LogP contribution in [0.25, 0.3) is 0 Å². The summed E-state index contributed by atoms with van der Waals surface area (Å²) in [6.07, 6.45) is 1.75. The molecule has 0 spiro atoms. The molecule has 2 aliphatic heterocycles. The van der Waals surface area contributed by atoms with Crippen LogP contribution >= 0.6 is 11.6 Å². The number of amides is 1. The lowest BCUT2D eigenvalue weighted by molar-refractivity contribution is 0.0727. The van der Waals surface area contributed by atoms with E-state index < -0.39 is 10.0 Å². The van der Waals surface area contributed by atoms with Gasteiger partial charge in [-0.15, -0.1) is 0 Å². The molecular formula is C22H25ClN2O4S. The third kappa shape index (κ3) is 4.12. The minimum atomic E-state index is -3.66. The van der Waals surface area contributed by atoms with Gasteiger partial charge in [-0.05, 0) is 55.2 Å². The predicted molar refractivity (Wildman–Crippen MR) is 115 cm³/mol. The fourth-order valence-electron chi connectivity index (χ4n) is 4.15. The number of nitrogens with zero attached hydrogens (tertiary/aromatic N) is 2. The summed E-state index contributed by atoms with van der Waals surface area (Å²) in [6, 6.07) is 12.3. The van der Waals surface area contributed by atoms with Gasteiger partial charge in [0.25, 0.3) is 5.91 Å². The van der Waals surface area contributed by atoms with Gasteiger partial charge < -0.3 is 9.64 Å². The summed E-state index contributed by atoms with van der Waals surface area (Å²) in [5.41, 5.74) is 2.19. The van der Waals surface area contributed by atoms with Gasteiger partial charge in [-0.3, -0.25) is 4.79 Å². The molecule has 4 rings (SSSR count). The highest BCUT2D eigenvalue weighted by Gasteiger charge is 2.33. The molecule has 2 aliphatic rings. The second kappa shape index (κ2) is 8.67. The van der Waals surface area contributed by atoms with Crippen LogP contribution in [0.5, 0.6) is 0 Å². The number of carbonyl (C=O) groups excluding carboxylic acids is 1. The molecule has 2 saturated heterocycles. The van der Waals surface area contributed by atoms with E-state index in [0.29, 0.717) is 43.4 Å². The number of hydrogen-bond donors (Lipinski definition) is 0. The predicted octanol–water partition coefficient (Wildman–Crippen LogP) is 3.65. The summed E-state index contributed by atoms with van der Waals surface area (Å²) < 4.78 is 32.8. The van der Waals surface area contributed by atoms with Crippen LogP contribution in [0.4, 0.5) is 0 Å². The molecule has 1 unspecified atom stereocenters. The second-order valence-electron chi connectivity index (χ2n) is 7.70. The summed E-state index contributed by atoms with van der Waals surface area (Å²) >= 11 is 6.15. The molecule has 0 aliphatic carbocycles. The Labute approximate surface area is 182 Å². The van der Waals surface area contributed by atoms with Crippen LogP contribution in [0.2, 0.25) is 5.02 Å². The molecule has 1 amide bonds.